The Morgan fingerprint density at radius 2 is 1.90 bits per heavy atom. The number of hydrogen-bond acceptors (Lipinski definition) is 4. The van der Waals surface area contributed by atoms with E-state index in [0.717, 1.165) is 0 Å². The third-order valence-electron chi connectivity index (χ3n) is 6.10. The van der Waals surface area contributed by atoms with Gasteiger partial charge in [0.1, 0.15) is 5.75 Å². The summed E-state index contributed by atoms with van der Waals surface area (Å²) in [5.74, 6) is -1.55. The molecular formula is C21H27F3N2O3. The van der Waals surface area contributed by atoms with E-state index in [9.17, 15) is 23.1 Å². The molecule has 160 valence electrons. The van der Waals surface area contributed by atoms with E-state index in [4.69, 9.17) is 4.74 Å². The molecule has 0 radical (unpaired) electrons. The molecule has 1 aliphatic carbocycles. The van der Waals surface area contributed by atoms with Crippen molar-refractivity contribution < 1.29 is 27.8 Å². The summed E-state index contributed by atoms with van der Waals surface area (Å²) in [6, 6.07) is 6.47. The summed E-state index contributed by atoms with van der Waals surface area (Å²) in [6.45, 7) is 5.94. The van der Waals surface area contributed by atoms with E-state index in [1.54, 1.807) is 24.3 Å². The minimum Gasteiger partial charge on any atom is -0.497 e. The van der Waals surface area contributed by atoms with Gasteiger partial charge < -0.3 is 9.84 Å². The Morgan fingerprint density at radius 3 is 2.41 bits per heavy atom. The van der Waals surface area contributed by atoms with Crippen LogP contribution in [-0.2, 0) is 11.2 Å². The maximum atomic E-state index is 14.1. The number of methoxy groups -OCH3 is 1. The molecule has 0 unspecified atom stereocenters. The zero-order valence-corrected chi connectivity index (χ0v) is 17.1. The normalized spacial score (nSPS) is 27.4. The van der Waals surface area contributed by atoms with Crippen LogP contribution in [0.25, 0.3) is 0 Å². The highest BCUT2D eigenvalue weighted by atomic mass is 19.4. The van der Waals surface area contributed by atoms with Gasteiger partial charge in [0.15, 0.2) is 0 Å². The summed E-state index contributed by atoms with van der Waals surface area (Å²) in [6.07, 6.45) is -4.14. The lowest BCUT2D eigenvalue weighted by Gasteiger charge is -2.42. The fraction of sp³-hybridized carbons (Fsp3) is 0.619. The minimum absolute atomic E-state index is 0.00281. The molecule has 3 atom stereocenters. The summed E-state index contributed by atoms with van der Waals surface area (Å²) < 4.78 is 47.2. The first-order chi connectivity index (χ1) is 13.4. The molecular weight excluding hydrogens is 385 g/mol. The topological polar surface area (TPSA) is 62.1 Å². The molecule has 29 heavy (non-hydrogen) atoms. The summed E-state index contributed by atoms with van der Waals surface area (Å²) in [7, 11) is 1.50. The van der Waals surface area contributed by atoms with Gasteiger partial charge in [-0.25, -0.2) is 0 Å². The van der Waals surface area contributed by atoms with E-state index in [-0.39, 0.29) is 34.9 Å². The van der Waals surface area contributed by atoms with Crippen molar-refractivity contribution in [3.05, 3.63) is 29.8 Å². The number of alkyl halides is 3. The molecule has 1 N–H and O–H groups in total. The number of rotatable bonds is 3. The third-order valence-corrected chi connectivity index (χ3v) is 6.10. The SMILES string of the molecule is COc1ccc(CC(=O)N2N=C3CC[C@H](C(C)(C)C)C[C@@H]3[C@@]2(O)C(F)(F)F)cc1. The Bertz CT molecular complexity index is 799. The van der Waals surface area contributed by atoms with E-state index in [1.165, 1.54) is 7.11 Å². The van der Waals surface area contributed by atoms with Crippen molar-refractivity contribution in [2.75, 3.05) is 7.11 Å². The molecule has 1 aromatic carbocycles. The molecule has 3 rings (SSSR count). The van der Waals surface area contributed by atoms with Gasteiger partial charge in [-0.15, -0.1) is 0 Å². The lowest BCUT2D eigenvalue weighted by molar-refractivity contribution is -0.318. The number of aliphatic hydroxyl groups is 1. The molecule has 5 nitrogen and oxygen atoms in total. The zero-order valence-electron chi connectivity index (χ0n) is 17.1. The largest absolute Gasteiger partial charge is 0.497 e. The number of ether oxygens (including phenoxy) is 1. The lowest BCUT2D eigenvalue weighted by Crippen LogP contribution is -2.62. The zero-order chi connectivity index (χ0) is 21.6. The number of hydrogen-bond donors (Lipinski definition) is 1. The molecule has 1 aromatic rings. The predicted octanol–water partition coefficient (Wildman–Crippen LogP) is 4.15. The van der Waals surface area contributed by atoms with Crippen LogP contribution in [0, 0.1) is 17.3 Å². The van der Waals surface area contributed by atoms with Crippen molar-refractivity contribution in [1.29, 1.82) is 0 Å². The van der Waals surface area contributed by atoms with Crippen LogP contribution < -0.4 is 4.74 Å². The van der Waals surface area contributed by atoms with Gasteiger partial charge in [0, 0.05) is 5.71 Å². The average molecular weight is 412 g/mol. The van der Waals surface area contributed by atoms with Crippen LogP contribution in [0.4, 0.5) is 13.2 Å². The Morgan fingerprint density at radius 1 is 1.28 bits per heavy atom. The van der Waals surface area contributed by atoms with Gasteiger partial charge in [-0.2, -0.15) is 23.3 Å². The number of hydrazone groups is 1. The van der Waals surface area contributed by atoms with Crippen LogP contribution in [0.5, 0.6) is 5.75 Å². The number of nitrogens with zero attached hydrogens (tertiary/aromatic N) is 2. The summed E-state index contributed by atoms with van der Waals surface area (Å²) in [5.41, 5.74) is -2.73. The monoisotopic (exact) mass is 412 g/mol. The molecule has 0 bridgehead atoms. The molecule has 0 aromatic heterocycles. The molecule has 1 aliphatic heterocycles. The first-order valence-corrected chi connectivity index (χ1v) is 9.70. The van der Waals surface area contributed by atoms with Crippen LogP contribution in [-0.4, -0.2) is 40.7 Å². The number of carbonyl (C=O) groups excluding carboxylic acids is 1. The highest BCUT2D eigenvalue weighted by molar-refractivity contribution is 5.93. The fourth-order valence-corrected chi connectivity index (χ4v) is 4.25. The van der Waals surface area contributed by atoms with E-state index < -0.39 is 23.7 Å². The van der Waals surface area contributed by atoms with E-state index >= 15 is 0 Å². The molecule has 2 aliphatic rings. The van der Waals surface area contributed by atoms with Crippen molar-refractivity contribution in [2.24, 2.45) is 22.4 Å². The molecule has 8 heteroatoms. The van der Waals surface area contributed by atoms with Gasteiger partial charge in [-0.1, -0.05) is 32.9 Å². The first kappa shape index (κ1) is 21.6. The average Bonchev–Trinajstić information content (AvgIpc) is 2.95. The van der Waals surface area contributed by atoms with Crippen LogP contribution >= 0.6 is 0 Å². The third kappa shape index (κ3) is 3.86. The Hall–Kier alpha value is -2.09. The van der Waals surface area contributed by atoms with Gasteiger partial charge in [0.05, 0.1) is 19.4 Å². The van der Waals surface area contributed by atoms with Gasteiger partial charge in [-0.3, -0.25) is 4.79 Å². The van der Waals surface area contributed by atoms with Crippen LogP contribution in [0.1, 0.15) is 45.6 Å². The second-order valence-electron chi connectivity index (χ2n) is 8.94. The van der Waals surface area contributed by atoms with E-state index in [2.05, 4.69) is 5.10 Å². The fourth-order valence-electron chi connectivity index (χ4n) is 4.25. The van der Waals surface area contributed by atoms with Crippen molar-refractivity contribution in [3.8, 4) is 5.75 Å². The first-order valence-electron chi connectivity index (χ1n) is 9.70. The summed E-state index contributed by atoms with van der Waals surface area (Å²) in [4.78, 5) is 12.8. The minimum atomic E-state index is -5.02. The number of benzene rings is 1. The Labute approximate surface area is 168 Å². The highest BCUT2D eigenvalue weighted by Gasteiger charge is 2.69. The smallest absolute Gasteiger partial charge is 0.439 e. The van der Waals surface area contributed by atoms with Gasteiger partial charge in [0.2, 0.25) is 5.91 Å². The number of amides is 1. The second-order valence-corrected chi connectivity index (χ2v) is 8.94. The predicted molar refractivity (Wildman–Crippen MR) is 102 cm³/mol. The maximum absolute atomic E-state index is 14.1. The standard InChI is InChI=1S/C21H27F3N2O3/c1-19(2,3)14-7-10-17-16(12-14)20(28,21(22,23)24)26(25-17)18(27)11-13-5-8-15(29-4)9-6-13/h5-6,8-9,14,16,28H,7,10-12H2,1-4H3/t14-,16-,20+/m0/s1. The second kappa shape index (κ2) is 7.31. The van der Waals surface area contributed by atoms with Gasteiger partial charge in [-0.05, 0) is 48.3 Å². The van der Waals surface area contributed by atoms with E-state index in [0.29, 0.717) is 24.2 Å². The van der Waals surface area contributed by atoms with Gasteiger partial charge >= 0.3 is 6.18 Å². The molecule has 0 spiro atoms. The molecule has 1 amide bonds. The van der Waals surface area contributed by atoms with Crippen LogP contribution in [0.3, 0.4) is 0 Å². The van der Waals surface area contributed by atoms with E-state index in [1.807, 2.05) is 20.8 Å². The number of fused-ring (bicyclic) bond motifs is 1. The number of carbonyl (C=O) groups is 1. The summed E-state index contributed by atoms with van der Waals surface area (Å²) >= 11 is 0. The van der Waals surface area contributed by atoms with Crippen molar-refractivity contribution in [3.63, 3.8) is 0 Å². The molecule has 1 fully saturated rings. The van der Waals surface area contributed by atoms with Gasteiger partial charge in [0.25, 0.3) is 5.72 Å². The lowest BCUT2D eigenvalue weighted by atomic mass is 9.66. The van der Waals surface area contributed by atoms with Crippen molar-refractivity contribution in [1.82, 2.24) is 5.01 Å². The quantitative estimate of drug-likeness (QED) is 0.811. The molecule has 1 heterocycles. The van der Waals surface area contributed by atoms with Crippen LogP contribution in [0.2, 0.25) is 0 Å². The Balaban J connectivity index is 1.89. The maximum Gasteiger partial charge on any atom is 0.439 e. The summed E-state index contributed by atoms with van der Waals surface area (Å²) in [5, 5.41) is 15.1. The Kier molecular flexibility index (Phi) is 5.45. The van der Waals surface area contributed by atoms with Crippen molar-refractivity contribution >= 4 is 11.6 Å². The number of halogens is 3. The highest BCUT2D eigenvalue weighted by Crippen LogP contribution is 2.51. The van der Waals surface area contributed by atoms with Crippen LogP contribution in [0.15, 0.2) is 29.4 Å². The van der Waals surface area contributed by atoms with Crippen molar-refractivity contribution in [2.45, 2.75) is 58.4 Å². The molecule has 0 saturated heterocycles. The molecule has 1 saturated carbocycles.